The van der Waals surface area contributed by atoms with Crippen molar-refractivity contribution >= 4 is 33.6 Å². The van der Waals surface area contributed by atoms with Crippen LogP contribution >= 0.6 is 15.9 Å². The number of nitrogens with zero attached hydrogens (tertiary/aromatic N) is 1. The minimum atomic E-state index is -2.09. The lowest BCUT2D eigenvalue weighted by Gasteiger charge is -2.61. The maximum Gasteiger partial charge on any atom is 0.344 e. The van der Waals surface area contributed by atoms with Crippen molar-refractivity contribution in [1.29, 1.82) is 0 Å². The molecule has 1 saturated heterocycles. The predicted molar refractivity (Wildman–Crippen MR) is 128 cm³/mol. The third-order valence-electron chi connectivity index (χ3n) is 8.87. The Labute approximate surface area is 207 Å². The smallest absolute Gasteiger partial charge is 0.344 e. The lowest BCUT2D eigenvalue weighted by Crippen LogP contribution is -3.18. The van der Waals surface area contributed by atoms with Crippen molar-refractivity contribution in [3.05, 3.63) is 34.3 Å². The van der Waals surface area contributed by atoms with Gasteiger partial charge in [0.05, 0.1) is 54.3 Å². The average molecular weight is 536 g/mol. The van der Waals surface area contributed by atoms with Crippen LogP contribution in [-0.4, -0.2) is 75.2 Å². The SMILES string of the molecule is CC[C@]12C=CC[NH+]3CC[C@@]4(c5ccc(OC)c(Br)c5N(C)[C@@H]4[C@](O)(C(=O)OC)[C@@H]1OC(C)=O)[C@@H]32. The molecule has 3 aliphatic heterocycles. The van der Waals surface area contributed by atoms with Crippen LogP contribution in [0.1, 0.15) is 32.3 Å². The number of quaternary nitrogens is 1. The van der Waals surface area contributed by atoms with Crippen LogP contribution in [0.2, 0.25) is 0 Å². The predicted octanol–water partition coefficient (Wildman–Crippen LogP) is 0.987. The molecule has 2 fully saturated rings. The van der Waals surface area contributed by atoms with Gasteiger partial charge in [-0.15, -0.1) is 0 Å². The van der Waals surface area contributed by atoms with E-state index in [4.69, 9.17) is 14.2 Å². The lowest BCUT2D eigenvalue weighted by molar-refractivity contribution is -0.920. The normalized spacial score (nSPS) is 39.2. The molecule has 34 heavy (non-hydrogen) atoms. The third kappa shape index (κ3) is 2.55. The number of nitrogens with one attached hydrogen (secondary N) is 1. The lowest BCUT2D eigenvalue weighted by atomic mass is 9.47. The first-order chi connectivity index (χ1) is 16.1. The van der Waals surface area contributed by atoms with Crippen molar-refractivity contribution in [2.45, 2.75) is 55.9 Å². The third-order valence-corrected chi connectivity index (χ3v) is 9.64. The number of aliphatic hydroxyl groups is 1. The Kier molecular flexibility index (Phi) is 5.35. The van der Waals surface area contributed by atoms with E-state index in [2.05, 4.69) is 34.1 Å². The van der Waals surface area contributed by atoms with Gasteiger partial charge in [-0.05, 0) is 40.1 Å². The summed E-state index contributed by atoms with van der Waals surface area (Å²) in [6, 6.07) is 3.32. The number of carbonyl (C=O) groups excluding carboxylic acids is 2. The fourth-order valence-electron chi connectivity index (χ4n) is 7.99. The average Bonchev–Trinajstić information content (AvgIpc) is 3.33. The summed E-state index contributed by atoms with van der Waals surface area (Å²) in [6.45, 7) is 5.09. The second kappa shape index (κ2) is 7.70. The fourth-order valence-corrected chi connectivity index (χ4v) is 8.78. The molecule has 7 atom stereocenters. The van der Waals surface area contributed by atoms with E-state index in [9.17, 15) is 14.7 Å². The number of ether oxygens (including phenoxy) is 3. The number of fused-ring (bicyclic) bond motifs is 1. The number of benzene rings is 1. The van der Waals surface area contributed by atoms with Crippen LogP contribution in [0.15, 0.2) is 28.8 Å². The number of rotatable bonds is 4. The number of hydrogen-bond acceptors (Lipinski definition) is 7. The maximum absolute atomic E-state index is 13.6. The van der Waals surface area contributed by atoms with Gasteiger partial charge in [0.2, 0.25) is 5.60 Å². The van der Waals surface area contributed by atoms with Gasteiger partial charge in [-0.2, -0.15) is 0 Å². The summed E-state index contributed by atoms with van der Waals surface area (Å²) in [7, 11) is 4.77. The van der Waals surface area contributed by atoms with E-state index in [1.54, 1.807) is 7.11 Å². The number of hydrogen-bond donors (Lipinski definition) is 2. The van der Waals surface area contributed by atoms with Crippen molar-refractivity contribution < 1.29 is 33.8 Å². The van der Waals surface area contributed by atoms with Gasteiger partial charge in [-0.3, -0.25) is 4.79 Å². The number of likely N-dealkylation sites (N-methyl/N-ethyl adjacent to an activating group) is 1. The molecule has 2 N–H and O–H groups in total. The highest BCUT2D eigenvalue weighted by Crippen LogP contribution is 2.65. The first-order valence-electron chi connectivity index (χ1n) is 11.7. The molecule has 3 heterocycles. The molecule has 0 aromatic heterocycles. The van der Waals surface area contributed by atoms with E-state index in [1.165, 1.54) is 18.9 Å². The highest BCUT2D eigenvalue weighted by atomic mass is 79.9. The molecule has 0 amide bonds. The van der Waals surface area contributed by atoms with Gasteiger partial charge in [0, 0.05) is 20.4 Å². The van der Waals surface area contributed by atoms with Gasteiger partial charge < -0.3 is 29.1 Å². The molecule has 1 saturated carbocycles. The minimum Gasteiger partial charge on any atom is -0.495 e. The largest absolute Gasteiger partial charge is 0.495 e. The van der Waals surface area contributed by atoms with Gasteiger partial charge in [-0.1, -0.05) is 19.1 Å². The number of carbonyl (C=O) groups is 2. The topological polar surface area (TPSA) is 89.7 Å². The summed E-state index contributed by atoms with van der Waals surface area (Å²) in [5.41, 5.74) is -1.44. The molecule has 8 nitrogen and oxygen atoms in total. The quantitative estimate of drug-likeness (QED) is 0.438. The summed E-state index contributed by atoms with van der Waals surface area (Å²) in [6.07, 6.45) is 4.47. The van der Waals surface area contributed by atoms with E-state index in [0.717, 1.165) is 35.2 Å². The van der Waals surface area contributed by atoms with Crippen LogP contribution in [0, 0.1) is 5.41 Å². The second-order valence-corrected chi connectivity index (χ2v) is 10.8. The van der Waals surface area contributed by atoms with Crippen molar-refractivity contribution in [1.82, 2.24) is 0 Å². The molecule has 1 unspecified atom stereocenters. The van der Waals surface area contributed by atoms with Gasteiger partial charge in [0.25, 0.3) is 0 Å². The van der Waals surface area contributed by atoms with Crippen molar-refractivity contribution in [3.63, 3.8) is 0 Å². The van der Waals surface area contributed by atoms with Gasteiger partial charge in [0.15, 0.2) is 6.10 Å². The van der Waals surface area contributed by atoms with E-state index < -0.39 is 40.5 Å². The Morgan fingerprint density at radius 2 is 2.06 bits per heavy atom. The van der Waals surface area contributed by atoms with Crippen molar-refractivity contribution in [2.75, 3.05) is 39.3 Å². The molecule has 5 rings (SSSR count). The molecule has 184 valence electrons. The molecule has 1 aliphatic carbocycles. The van der Waals surface area contributed by atoms with Crippen LogP contribution in [0.3, 0.4) is 0 Å². The standard InChI is InChI=1S/C25H31BrN2O6/c1-6-23-10-7-12-28-13-11-24(19(23)28)15-8-9-16(32-4)17(26)18(15)27(3)20(24)25(31,22(30)33-5)21(23)34-14(2)29/h7-10,19-21,31H,6,11-13H2,1-5H3/p+1/t19-,20-,21+,23+,24+,25+/m0/s1. The molecular formula is C25H32BrN2O6+. The first kappa shape index (κ1) is 23.6. The van der Waals surface area contributed by atoms with Crippen LogP contribution < -0.4 is 14.5 Å². The zero-order valence-electron chi connectivity index (χ0n) is 20.2. The van der Waals surface area contributed by atoms with E-state index in [0.29, 0.717) is 12.2 Å². The highest BCUT2D eigenvalue weighted by Gasteiger charge is 2.82. The van der Waals surface area contributed by atoms with E-state index in [-0.39, 0.29) is 6.04 Å². The van der Waals surface area contributed by atoms with Crippen molar-refractivity contribution in [3.8, 4) is 5.75 Å². The van der Waals surface area contributed by atoms with Gasteiger partial charge in [0.1, 0.15) is 11.8 Å². The fraction of sp³-hybridized carbons (Fsp3) is 0.600. The summed E-state index contributed by atoms with van der Waals surface area (Å²) in [5.74, 6) is -0.650. The van der Waals surface area contributed by atoms with Crippen LogP contribution in [0.4, 0.5) is 5.69 Å². The molecule has 1 aromatic rings. The molecule has 9 heteroatoms. The number of methoxy groups -OCH3 is 2. The van der Waals surface area contributed by atoms with Gasteiger partial charge in [-0.25, -0.2) is 4.79 Å². The van der Waals surface area contributed by atoms with Crippen LogP contribution in [-0.2, 0) is 24.5 Å². The van der Waals surface area contributed by atoms with Crippen LogP contribution in [0.5, 0.6) is 5.75 Å². The second-order valence-electron chi connectivity index (χ2n) is 10.0. The molecule has 0 radical (unpaired) electrons. The highest BCUT2D eigenvalue weighted by molar-refractivity contribution is 9.10. The van der Waals surface area contributed by atoms with Crippen LogP contribution in [0.25, 0.3) is 0 Å². The monoisotopic (exact) mass is 535 g/mol. The molecule has 4 aliphatic rings. The first-order valence-corrected chi connectivity index (χ1v) is 12.5. The Morgan fingerprint density at radius 3 is 2.68 bits per heavy atom. The van der Waals surface area contributed by atoms with E-state index >= 15 is 0 Å². The molecule has 1 aromatic carbocycles. The Hall–Kier alpha value is -2.10. The zero-order chi connectivity index (χ0) is 24.6. The maximum atomic E-state index is 13.6. The Bertz CT molecular complexity index is 1090. The molecule has 0 bridgehead atoms. The summed E-state index contributed by atoms with van der Waals surface area (Å²) in [5, 5.41) is 12.5. The Balaban J connectivity index is 1.89. The zero-order valence-corrected chi connectivity index (χ0v) is 21.8. The summed E-state index contributed by atoms with van der Waals surface area (Å²) in [4.78, 5) is 29.3. The summed E-state index contributed by atoms with van der Waals surface area (Å²) >= 11 is 3.73. The van der Waals surface area contributed by atoms with E-state index in [1.807, 2.05) is 24.9 Å². The number of anilines is 1. The van der Waals surface area contributed by atoms with Gasteiger partial charge >= 0.3 is 11.9 Å². The van der Waals surface area contributed by atoms with Crippen molar-refractivity contribution in [2.24, 2.45) is 5.41 Å². The number of halogens is 1. The summed E-state index contributed by atoms with van der Waals surface area (Å²) < 4.78 is 17.5. The molecular weight excluding hydrogens is 504 g/mol. The minimum absolute atomic E-state index is 0.00160. The number of esters is 2. The molecule has 1 spiro atoms. The Morgan fingerprint density at radius 1 is 1.32 bits per heavy atom.